The van der Waals surface area contributed by atoms with Gasteiger partial charge in [-0.1, -0.05) is 0 Å². The van der Waals surface area contributed by atoms with Gasteiger partial charge in [-0.25, -0.2) is 9.40 Å². The topological polar surface area (TPSA) is 30.9 Å². The number of halogens is 2. The van der Waals surface area contributed by atoms with Gasteiger partial charge in [0.15, 0.2) is 5.84 Å². The molecule has 0 spiro atoms. The summed E-state index contributed by atoms with van der Waals surface area (Å²) in [7, 11) is 0. The van der Waals surface area contributed by atoms with Crippen LogP contribution in [0, 0.1) is 0 Å². The van der Waals surface area contributed by atoms with Crippen LogP contribution in [-0.2, 0) is 0 Å². The zero-order valence-electron chi connectivity index (χ0n) is 5.33. The molecule has 1 N–H and O–H groups in total. The number of amidine groups is 1. The summed E-state index contributed by atoms with van der Waals surface area (Å²) in [5, 5.41) is 5.22. The Bertz CT molecular complexity index is 272. The predicted octanol–water partition coefficient (Wildman–Crippen LogP) is 0.872. The van der Waals surface area contributed by atoms with Crippen LogP contribution in [0.5, 0.6) is 0 Å². The molecule has 0 radical (unpaired) electrons. The van der Waals surface area contributed by atoms with E-state index in [1.807, 2.05) is 0 Å². The lowest BCUT2D eigenvalue weighted by Gasteiger charge is -2.14. The van der Waals surface area contributed by atoms with Crippen molar-refractivity contribution in [1.29, 1.82) is 0 Å². The molecule has 0 saturated carbocycles. The molecule has 0 aliphatic carbocycles. The molecule has 0 saturated heterocycles. The molecule has 6 heteroatoms. The lowest BCUT2D eigenvalue weighted by molar-refractivity contribution is 0.256. The van der Waals surface area contributed by atoms with Crippen molar-refractivity contribution in [2.24, 2.45) is 5.10 Å². The van der Waals surface area contributed by atoms with E-state index in [9.17, 15) is 4.39 Å². The van der Waals surface area contributed by atoms with Crippen molar-refractivity contribution in [3.63, 3.8) is 0 Å². The van der Waals surface area contributed by atoms with Crippen molar-refractivity contribution < 1.29 is 4.39 Å². The van der Waals surface area contributed by atoms with Gasteiger partial charge < -0.3 is 0 Å². The zero-order chi connectivity index (χ0) is 7.84. The number of nitrogens with one attached hydrogen (secondary N) is 1. The minimum absolute atomic E-state index is 0.339. The van der Waals surface area contributed by atoms with E-state index in [1.165, 1.54) is 23.4 Å². The molecular weight excluding hydrogens is 171 g/mol. The van der Waals surface area contributed by atoms with Crippen molar-refractivity contribution in [3.8, 4) is 0 Å². The summed E-state index contributed by atoms with van der Waals surface area (Å²) >= 11 is 5.44. The van der Waals surface area contributed by atoms with Crippen molar-refractivity contribution in [3.05, 3.63) is 24.2 Å². The average Bonchev–Trinajstić information content (AvgIpc) is 2.27. The summed E-state index contributed by atoms with van der Waals surface area (Å²) < 4.78 is 13.5. The van der Waals surface area contributed by atoms with Crippen LogP contribution in [0.4, 0.5) is 4.39 Å². The van der Waals surface area contributed by atoms with Gasteiger partial charge in [-0.15, -0.1) is 15.3 Å². The summed E-state index contributed by atoms with van der Waals surface area (Å²) in [4.78, 5) is 0. The van der Waals surface area contributed by atoms with Gasteiger partial charge in [0.2, 0.25) is 0 Å². The van der Waals surface area contributed by atoms with E-state index in [1.54, 1.807) is 0 Å². The summed E-state index contributed by atoms with van der Waals surface area (Å²) in [6, 6.07) is 0. The number of hydrazine groups is 2. The molecule has 2 rings (SSSR count). The number of hydrogen-bond acceptors (Lipinski definition) is 4. The molecule has 0 bridgehead atoms. The van der Waals surface area contributed by atoms with Crippen LogP contribution in [-0.4, -0.2) is 15.5 Å². The SMILES string of the molecule is FC1=CC2=NN(Cl)NN2C=C1. The van der Waals surface area contributed by atoms with Crippen LogP contribution in [0.3, 0.4) is 0 Å². The van der Waals surface area contributed by atoms with Crippen molar-refractivity contribution in [2.75, 3.05) is 0 Å². The van der Waals surface area contributed by atoms with Crippen LogP contribution < -0.4 is 5.53 Å². The molecule has 0 atom stereocenters. The zero-order valence-corrected chi connectivity index (χ0v) is 6.09. The van der Waals surface area contributed by atoms with Crippen LogP contribution in [0.15, 0.2) is 29.3 Å². The Morgan fingerprint density at radius 2 is 2.45 bits per heavy atom. The maximum absolute atomic E-state index is 12.5. The van der Waals surface area contributed by atoms with Crippen LogP contribution in [0.25, 0.3) is 0 Å². The third-order valence-electron chi connectivity index (χ3n) is 1.28. The highest BCUT2D eigenvalue weighted by atomic mass is 35.5. The second-order valence-electron chi connectivity index (χ2n) is 2.03. The normalized spacial score (nSPS) is 21.6. The Morgan fingerprint density at radius 1 is 1.64 bits per heavy atom. The highest BCUT2D eigenvalue weighted by Crippen LogP contribution is 2.14. The van der Waals surface area contributed by atoms with E-state index < -0.39 is 0 Å². The van der Waals surface area contributed by atoms with Gasteiger partial charge in [-0.3, -0.25) is 0 Å². The van der Waals surface area contributed by atoms with E-state index >= 15 is 0 Å². The Kier molecular flexibility index (Phi) is 1.33. The molecule has 0 fully saturated rings. The van der Waals surface area contributed by atoms with E-state index in [-0.39, 0.29) is 5.83 Å². The summed E-state index contributed by atoms with van der Waals surface area (Å²) in [5.41, 5.74) is 2.61. The number of hydrogen-bond donors (Lipinski definition) is 1. The van der Waals surface area contributed by atoms with Gasteiger partial charge in [0.1, 0.15) is 5.83 Å². The van der Waals surface area contributed by atoms with E-state index in [4.69, 9.17) is 11.8 Å². The summed E-state index contributed by atoms with van der Waals surface area (Å²) in [5.74, 6) is 0.0915. The van der Waals surface area contributed by atoms with Crippen LogP contribution >= 0.6 is 11.8 Å². The molecule has 4 nitrogen and oxygen atoms in total. The quantitative estimate of drug-likeness (QED) is 0.553. The molecule has 2 aliphatic heterocycles. The predicted molar refractivity (Wildman–Crippen MR) is 38.4 cm³/mol. The Balaban J connectivity index is 2.31. The van der Waals surface area contributed by atoms with E-state index in [0.29, 0.717) is 5.84 Å². The third kappa shape index (κ3) is 1.08. The fraction of sp³-hybridized carbons (Fsp3) is 0. The van der Waals surface area contributed by atoms with Crippen molar-refractivity contribution in [1.82, 2.24) is 15.2 Å². The molecule has 58 valence electrons. The lowest BCUT2D eigenvalue weighted by atomic mass is 10.3. The third-order valence-corrected chi connectivity index (χ3v) is 1.43. The monoisotopic (exact) mass is 174 g/mol. The highest BCUT2D eigenvalue weighted by molar-refractivity contribution is 6.14. The average molecular weight is 175 g/mol. The molecule has 11 heavy (non-hydrogen) atoms. The second kappa shape index (κ2) is 2.21. The maximum Gasteiger partial charge on any atom is 0.174 e. The van der Waals surface area contributed by atoms with Gasteiger partial charge in [0.25, 0.3) is 0 Å². The first kappa shape index (κ1) is 6.63. The number of hydrazone groups is 1. The summed E-state index contributed by atoms with van der Waals surface area (Å²) in [6.45, 7) is 0. The van der Waals surface area contributed by atoms with Crippen molar-refractivity contribution in [2.45, 2.75) is 0 Å². The van der Waals surface area contributed by atoms with Gasteiger partial charge in [-0.2, -0.15) is 0 Å². The number of rotatable bonds is 0. The van der Waals surface area contributed by atoms with Crippen molar-refractivity contribution >= 4 is 17.6 Å². The van der Waals surface area contributed by atoms with E-state index in [2.05, 4.69) is 10.6 Å². The minimum Gasteiger partial charge on any atom is -0.245 e. The largest absolute Gasteiger partial charge is 0.245 e. The first-order valence-corrected chi connectivity index (χ1v) is 3.25. The molecule has 0 amide bonds. The van der Waals surface area contributed by atoms with Gasteiger partial charge in [0, 0.05) is 12.3 Å². The minimum atomic E-state index is -0.339. The first-order valence-electron chi connectivity index (χ1n) is 2.91. The molecule has 0 aromatic rings. The molecule has 2 aliphatic rings. The van der Waals surface area contributed by atoms with Crippen LogP contribution in [0.1, 0.15) is 0 Å². The Morgan fingerprint density at radius 3 is 3.27 bits per heavy atom. The number of fused-ring (bicyclic) bond motifs is 1. The maximum atomic E-state index is 12.5. The fourth-order valence-electron chi connectivity index (χ4n) is 0.826. The van der Waals surface area contributed by atoms with E-state index in [0.717, 1.165) is 4.64 Å². The Labute approximate surface area is 67.3 Å². The molecule has 0 unspecified atom stereocenters. The van der Waals surface area contributed by atoms with Crippen LogP contribution in [0.2, 0.25) is 0 Å². The second-order valence-corrected chi connectivity index (χ2v) is 2.35. The molecule has 0 aromatic carbocycles. The molecular formula is C5H4ClFN4. The molecule has 2 heterocycles. The smallest absolute Gasteiger partial charge is 0.174 e. The first-order chi connectivity index (χ1) is 5.25. The van der Waals surface area contributed by atoms with Gasteiger partial charge in [0.05, 0.1) is 11.8 Å². The number of allylic oxidation sites excluding steroid dienone is 2. The summed E-state index contributed by atoms with van der Waals surface area (Å²) in [6.07, 6.45) is 4.08. The highest BCUT2D eigenvalue weighted by Gasteiger charge is 2.20. The van der Waals surface area contributed by atoms with Gasteiger partial charge in [-0.05, 0) is 6.08 Å². The number of nitrogens with zero attached hydrogens (tertiary/aromatic N) is 3. The lowest BCUT2D eigenvalue weighted by Crippen LogP contribution is -2.35. The standard InChI is InChI=1S/C5H4ClFN4/c6-11-8-5-3-4(7)1-2-10(5)9-11/h1-3,9H. The van der Waals surface area contributed by atoms with Gasteiger partial charge >= 0.3 is 0 Å². The Hall–Kier alpha value is -1.07. The molecule has 0 aromatic heterocycles. The fourth-order valence-corrected chi connectivity index (χ4v) is 0.985.